The minimum atomic E-state index is 0.416. The predicted octanol–water partition coefficient (Wildman–Crippen LogP) is 5.36. The van der Waals surface area contributed by atoms with Crippen molar-refractivity contribution in [3.05, 3.63) is 101 Å². The average Bonchev–Trinajstić information content (AvgIpc) is 3.21. The van der Waals surface area contributed by atoms with Gasteiger partial charge in [0.15, 0.2) is 0 Å². The number of anilines is 1. The van der Waals surface area contributed by atoms with Crippen LogP contribution >= 0.6 is 15.9 Å². The molecular formula is C21H15BrN4O. The third-order valence-corrected chi connectivity index (χ3v) is 4.56. The van der Waals surface area contributed by atoms with Gasteiger partial charge in [-0.2, -0.15) is 10.1 Å². The summed E-state index contributed by atoms with van der Waals surface area (Å²) in [5.41, 5.74) is 6.27. The highest BCUT2D eigenvalue weighted by atomic mass is 79.9. The van der Waals surface area contributed by atoms with Crippen molar-refractivity contribution in [3.63, 3.8) is 0 Å². The normalized spacial score (nSPS) is 11.4. The van der Waals surface area contributed by atoms with Crippen LogP contribution in [-0.2, 0) is 0 Å². The molecular weight excluding hydrogens is 404 g/mol. The number of nitrogens with one attached hydrogen (secondary N) is 1. The molecule has 0 saturated carbocycles. The van der Waals surface area contributed by atoms with Gasteiger partial charge in [-0.1, -0.05) is 65.8 Å². The van der Waals surface area contributed by atoms with Gasteiger partial charge in [0.2, 0.25) is 5.82 Å². The smallest absolute Gasteiger partial charge is 0.258 e. The summed E-state index contributed by atoms with van der Waals surface area (Å²) in [5, 5.41) is 8.69. The van der Waals surface area contributed by atoms with Crippen LogP contribution < -0.4 is 5.43 Å². The van der Waals surface area contributed by atoms with E-state index in [0.29, 0.717) is 17.4 Å². The van der Waals surface area contributed by atoms with E-state index in [2.05, 4.69) is 36.6 Å². The van der Waals surface area contributed by atoms with Crippen molar-refractivity contribution < 1.29 is 4.52 Å². The van der Waals surface area contributed by atoms with E-state index in [9.17, 15) is 0 Å². The Morgan fingerprint density at radius 1 is 0.852 bits per heavy atom. The molecule has 0 aliphatic rings. The van der Waals surface area contributed by atoms with Crippen LogP contribution in [0.5, 0.6) is 0 Å². The maximum atomic E-state index is 5.45. The number of nitrogens with zero attached hydrogens (tertiary/aromatic N) is 3. The molecule has 0 saturated heterocycles. The number of benzene rings is 3. The standard InChI is InChI=1S/C21H15BrN4O/c22-17-13-7-8-14-18(17)24-25-19(15-9-3-1-4-10-15)20-23-21(27-26-20)16-11-5-2-6-12-16/h1-14,24H/b25-19+. The number of rotatable bonds is 5. The van der Waals surface area contributed by atoms with Crippen LogP contribution in [0.4, 0.5) is 5.69 Å². The summed E-state index contributed by atoms with van der Waals surface area (Å²) in [7, 11) is 0. The summed E-state index contributed by atoms with van der Waals surface area (Å²) in [6.45, 7) is 0. The SMILES string of the molecule is Brc1ccccc1N/N=C(\c1ccccc1)c1noc(-c2ccccc2)n1. The number of para-hydroxylation sites is 1. The molecule has 0 amide bonds. The molecule has 0 unspecified atom stereocenters. The summed E-state index contributed by atoms with van der Waals surface area (Å²) >= 11 is 3.51. The molecule has 0 aliphatic heterocycles. The fraction of sp³-hybridized carbons (Fsp3) is 0. The highest BCUT2D eigenvalue weighted by molar-refractivity contribution is 9.10. The zero-order valence-corrected chi connectivity index (χ0v) is 15.8. The van der Waals surface area contributed by atoms with Gasteiger partial charge in [-0.15, -0.1) is 0 Å². The van der Waals surface area contributed by atoms with Crippen LogP contribution in [-0.4, -0.2) is 15.9 Å². The van der Waals surface area contributed by atoms with Gasteiger partial charge < -0.3 is 4.52 Å². The van der Waals surface area contributed by atoms with Crippen LogP contribution in [0.25, 0.3) is 11.5 Å². The highest BCUT2D eigenvalue weighted by Gasteiger charge is 2.16. The first kappa shape index (κ1) is 17.2. The zero-order chi connectivity index (χ0) is 18.5. The summed E-state index contributed by atoms with van der Waals surface area (Å²) < 4.78 is 6.37. The first-order valence-corrected chi connectivity index (χ1v) is 9.14. The predicted molar refractivity (Wildman–Crippen MR) is 110 cm³/mol. The molecule has 4 rings (SSSR count). The van der Waals surface area contributed by atoms with Crippen LogP contribution in [0.2, 0.25) is 0 Å². The topological polar surface area (TPSA) is 63.3 Å². The number of hydrogen-bond acceptors (Lipinski definition) is 5. The van der Waals surface area contributed by atoms with Crippen molar-refractivity contribution >= 4 is 27.3 Å². The van der Waals surface area contributed by atoms with Crippen LogP contribution in [0, 0.1) is 0 Å². The second-order valence-corrected chi connectivity index (χ2v) is 6.56. The molecule has 1 N–H and O–H groups in total. The fourth-order valence-corrected chi connectivity index (χ4v) is 2.90. The maximum Gasteiger partial charge on any atom is 0.258 e. The van der Waals surface area contributed by atoms with Gasteiger partial charge in [0.05, 0.1) is 5.69 Å². The Morgan fingerprint density at radius 2 is 1.52 bits per heavy atom. The lowest BCUT2D eigenvalue weighted by molar-refractivity contribution is 0.429. The lowest BCUT2D eigenvalue weighted by atomic mass is 10.1. The van der Waals surface area contributed by atoms with Crippen molar-refractivity contribution in [2.24, 2.45) is 5.10 Å². The molecule has 0 aliphatic carbocycles. The average molecular weight is 419 g/mol. The summed E-state index contributed by atoms with van der Waals surface area (Å²) in [5.74, 6) is 0.870. The van der Waals surface area contributed by atoms with E-state index in [4.69, 9.17) is 4.52 Å². The van der Waals surface area contributed by atoms with Gasteiger partial charge in [0.1, 0.15) is 5.71 Å². The number of halogens is 1. The number of hydrogen-bond donors (Lipinski definition) is 1. The summed E-state index contributed by atoms with van der Waals surface area (Å²) in [4.78, 5) is 4.53. The van der Waals surface area contributed by atoms with Crippen molar-refractivity contribution in [1.29, 1.82) is 0 Å². The molecule has 0 spiro atoms. The van der Waals surface area contributed by atoms with E-state index < -0.39 is 0 Å². The van der Waals surface area contributed by atoms with Crippen LogP contribution in [0.3, 0.4) is 0 Å². The molecule has 132 valence electrons. The fourth-order valence-electron chi connectivity index (χ4n) is 2.53. The first-order valence-electron chi connectivity index (χ1n) is 8.34. The van der Waals surface area contributed by atoms with Crippen LogP contribution in [0.1, 0.15) is 11.4 Å². The Bertz CT molecular complexity index is 1060. The molecule has 6 heteroatoms. The lowest BCUT2D eigenvalue weighted by Crippen LogP contribution is -2.08. The molecule has 4 aromatic rings. The van der Waals surface area contributed by atoms with Gasteiger partial charge in [0, 0.05) is 15.6 Å². The summed E-state index contributed by atoms with van der Waals surface area (Å²) in [6, 6.07) is 27.2. The van der Waals surface area contributed by atoms with E-state index in [1.165, 1.54) is 0 Å². The van der Waals surface area contributed by atoms with E-state index in [1.807, 2.05) is 84.9 Å². The van der Waals surface area contributed by atoms with E-state index >= 15 is 0 Å². The second kappa shape index (κ2) is 7.97. The number of hydrazone groups is 1. The van der Waals surface area contributed by atoms with Crippen molar-refractivity contribution in [2.75, 3.05) is 5.43 Å². The molecule has 5 nitrogen and oxygen atoms in total. The Hall–Kier alpha value is -3.25. The monoisotopic (exact) mass is 418 g/mol. The van der Waals surface area contributed by atoms with Crippen molar-refractivity contribution in [1.82, 2.24) is 10.1 Å². The third-order valence-electron chi connectivity index (χ3n) is 3.87. The second-order valence-electron chi connectivity index (χ2n) is 5.71. The lowest BCUT2D eigenvalue weighted by Gasteiger charge is -2.06. The number of aromatic nitrogens is 2. The van der Waals surface area contributed by atoms with Crippen molar-refractivity contribution in [3.8, 4) is 11.5 Å². The van der Waals surface area contributed by atoms with E-state index in [1.54, 1.807) is 0 Å². The molecule has 1 aromatic heterocycles. The zero-order valence-electron chi connectivity index (χ0n) is 14.2. The molecule has 1 heterocycles. The molecule has 3 aromatic carbocycles. The van der Waals surface area contributed by atoms with E-state index in [0.717, 1.165) is 21.3 Å². The Kier molecular flexibility index (Phi) is 5.07. The first-order chi connectivity index (χ1) is 13.3. The third kappa shape index (κ3) is 3.96. The Balaban J connectivity index is 1.72. The summed E-state index contributed by atoms with van der Waals surface area (Å²) in [6.07, 6.45) is 0. The largest absolute Gasteiger partial charge is 0.334 e. The highest BCUT2D eigenvalue weighted by Crippen LogP contribution is 2.22. The molecule has 0 fully saturated rings. The minimum Gasteiger partial charge on any atom is -0.334 e. The quantitative estimate of drug-likeness (QED) is 0.349. The van der Waals surface area contributed by atoms with Crippen LogP contribution in [0.15, 0.2) is 99.0 Å². The maximum absolute atomic E-state index is 5.45. The molecule has 0 bridgehead atoms. The van der Waals surface area contributed by atoms with Gasteiger partial charge >= 0.3 is 0 Å². The van der Waals surface area contributed by atoms with Crippen molar-refractivity contribution in [2.45, 2.75) is 0 Å². The molecule has 0 atom stereocenters. The van der Waals surface area contributed by atoms with Gasteiger partial charge in [0.25, 0.3) is 5.89 Å². The van der Waals surface area contributed by atoms with Gasteiger partial charge in [-0.05, 0) is 40.2 Å². The minimum absolute atomic E-state index is 0.416. The van der Waals surface area contributed by atoms with Gasteiger partial charge in [-0.3, -0.25) is 5.43 Å². The van der Waals surface area contributed by atoms with Gasteiger partial charge in [-0.25, -0.2) is 0 Å². The Morgan fingerprint density at radius 3 is 2.26 bits per heavy atom. The molecule has 0 radical (unpaired) electrons. The van der Waals surface area contributed by atoms with E-state index in [-0.39, 0.29) is 0 Å². The Labute approximate surface area is 164 Å². The molecule has 27 heavy (non-hydrogen) atoms.